The summed E-state index contributed by atoms with van der Waals surface area (Å²) in [6.45, 7) is 5.50. The van der Waals surface area contributed by atoms with E-state index in [-0.39, 0.29) is 5.56 Å². The van der Waals surface area contributed by atoms with Crippen molar-refractivity contribution in [2.75, 3.05) is 11.4 Å². The topological polar surface area (TPSA) is 63.9 Å². The molecule has 1 aliphatic carbocycles. The molecule has 0 N–H and O–H groups in total. The van der Waals surface area contributed by atoms with Gasteiger partial charge in [0.1, 0.15) is 0 Å². The SMILES string of the molecule is C=C(Cn1nc(C2=CCCC2)ccc1=O)N1CCc2c(-c3ccnnc3)cccc21. The van der Waals surface area contributed by atoms with Crippen LogP contribution >= 0.6 is 0 Å². The number of aromatic nitrogens is 4. The molecule has 6 nitrogen and oxygen atoms in total. The van der Waals surface area contributed by atoms with Gasteiger partial charge in [-0.1, -0.05) is 24.8 Å². The van der Waals surface area contributed by atoms with E-state index in [0.29, 0.717) is 6.54 Å². The van der Waals surface area contributed by atoms with Crippen LogP contribution in [0.5, 0.6) is 0 Å². The van der Waals surface area contributed by atoms with E-state index in [0.717, 1.165) is 54.9 Å². The third-order valence-electron chi connectivity index (χ3n) is 5.87. The second-order valence-corrected chi connectivity index (χ2v) is 7.74. The van der Waals surface area contributed by atoms with Gasteiger partial charge in [-0.05, 0) is 60.6 Å². The summed E-state index contributed by atoms with van der Waals surface area (Å²) in [7, 11) is 0. The number of fused-ring (bicyclic) bond motifs is 1. The van der Waals surface area contributed by atoms with Crippen molar-refractivity contribution in [1.29, 1.82) is 0 Å². The van der Waals surface area contributed by atoms with E-state index in [1.165, 1.54) is 21.4 Å². The van der Waals surface area contributed by atoms with Crippen LogP contribution in [0.15, 0.2) is 71.9 Å². The highest BCUT2D eigenvalue weighted by Crippen LogP contribution is 2.37. The highest BCUT2D eigenvalue weighted by molar-refractivity contribution is 5.77. The van der Waals surface area contributed by atoms with Gasteiger partial charge < -0.3 is 4.90 Å². The standard InChI is InChI=1S/C24H23N5O/c1-17(16-29-24(30)10-9-22(27-29)18-5-2-3-6-18)28-14-12-21-20(7-4-8-23(21)28)19-11-13-25-26-15-19/h4-5,7-11,13,15H,1-3,6,12,14,16H2. The number of anilines is 1. The molecule has 0 atom stereocenters. The maximum atomic E-state index is 12.4. The second kappa shape index (κ2) is 7.71. The molecule has 0 fully saturated rings. The molecule has 3 aromatic rings. The predicted molar refractivity (Wildman–Crippen MR) is 118 cm³/mol. The van der Waals surface area contributed by atoms with E-state index < -0.39 is 0 Å². The average Bonchev–Trinajstić information content (AvgIpc) is 3.46. The maximum Gasteiger partial charge on any atom is 0.267 e. The fraction of sp³-hybridized carbons (Fsp3) is 0.250. The average molecular weight is 397 g/mol. The molecule has 30 heavy (non-hydrogen) atoms. The second-order valence-electron chi connectivity index (χ2n) is 7.74. The molecule has 0 unspecified atom stereocenters. The first-order valence-corrected chi connectivity index (χ1v) is 10.3. The van der Waals surface area contributed by atoms with E-state index in [9.17, 15) is 4.79 Å². The van der Waals surface area contributed by atoms with Crippen molar-refractivity contribution in [3.05, 3.63) is 88.8 Å². The van der Waals surface area contributed by atoms with Gasteiger partial charge in [-0.2, -0.15) is 15.3 Å². The smallest absolute Gasteiger partial charge is 0.267 e. The van der Waals surface area contributed by atoms with Crippen LogP contribution in [0.4, 0.5) is 5.69 Å². The highest BCUT2D eigenvalue weighted by Gasteiger charge is 2.24. The fourth-order valence-corrected chi connectivity index (χ4v) is 4.38. The minimum atomic E-state index is -0.102. The van der Waals surface area contributed by atoms with Gasteiger partial charge in [0, 0.05) is 29.6 Å². The molecule has 6 heteroatoms. The number of rotatable bonds is 5. The number of nitrogens with zero attached hydrogens (tertiary/aromatic N) is 5. The van der Waals surface area contributed by atoms with Crippen molar-refractivity contribution < 1.29 is 0 Å². The van der Waals surface area contributed by atoms with Gasteiger partial charge >= 0.3 is 0 Å². The Kier molecular flexibility index (Phi) is 4.75. The lowest BCUT2D eigenvalue weighted by Gasteiger charge is -2.23. The summed E-state index contributed by atoms with van der Waals surface area (Å²) < 4.78 is 1.53. The monoisotopic (exact) mass is 397 g/mol. The van der Waals surface area contributed by atoms with E-state index >= 15 is 0 Å². The van der Waals surface area contributed by atoms with Crippen LogP contribution < -0.4 is 10.5 Å². The van der Waals surface area contributed by atoms with Crippen LogP contribution in [0.1, 0.15) is 30.5 Å². The van der Waals surface area contributed by atoms with Crippen molar-refractivity contribution in [2.24, 2.45) is 0 Å². The zero-order valence-corrected chi connectivity index (χ0v) is 16.8. The molecule has 0 amide bonds. The van der Waals surface area contributed by atoms with Crippen LogP contribution in [-0.4, -0.2) is 26.5 Å². The number of benzene rings is 1. The van der Waals surface area contributed by atoms with Crippen molar-refractivity contribution in [1.82, 2.24) is 20.0 Å². The van der Waals surface area contributed by atoms with Gasteiger partial charge in [0.25, 0.3) is 5.56 Å². The summed E-state index contributed by atoms with van der Waals surface area (Å²) in [5.41, 5.74) is 7.54. The molecule has 0 spiro atoms. The van der Waals surface area contributed by atoms with Crippen LogP contribution in [0, 0.1) is 0 Å². The van der Waals surface area contributed by atoms with Crippen molar-refractivity contribution >= 4 is 11.3 Å². The molecular formula is C24H23N5O. The van der Waals surface area contributed by atoms with Crippen LogP contribution in [0.2, 0.25) is 0 Å². The molecule has 0 bridgehead atoms. The first-order chi connectivity index (χ1) is 14.7. The Morgan fingerprint density at radius 1 is 1.10 bits per heavy atom. The van der Waals surface area contributed by atoms with E-state index in [1.807, 2.05) is 12.1 Å². The first-order valence-electron chi connectivity index (χ1n) is 10.3. The molecule has 1 aliphatic heterocycles. The highest BCUT2D eigenvalue weighted by atomic mass is 16.1. The summed E-state index contributed by atoms with van der Waals surface area (Å²) in [6, 6.07) is 11.7. The predicted octanol–water partition coefficient (Wildman–Crippen LogP) is 3.84. The van der Waals surface area contributed by atoms with Crippen molar-refractivity contribution in [3.63, 3.8) is 0 Å². The minimum absolute atomic E-state index is 0.102. The molecular weight excluding hydrogens is 374 g/mol. The molecule has 3 heterocycles. The van der Waals surface area contributed by atoms with Crippen molar-refractivity contribution in [3.8, 4) is 11.1 Å². The number of hydrogen-bond acceptors (Lipinski definition) is 5. The van der Waals surface area contributed by atoms with Crippen LogP contribution in [0.25, 0.3) is 16.7 Å². The lowest BCUT2D eigenvalue weighted by molar-refractivity contribution is 0.614. The number of allylic oxidation sites excluding steroid dienone is 3. The molecule has 1 aromatic carbocycles. The molecule has 2 aromatic heterocycles. The maximum absolute atomic E-state index is 12.4. The van der Waals surface area contributed by atoms with Gasteiger partial charge in [-0.3, -0.25) is 4.79 Å². The lowest BCUT2D eigenvalue weighted by Crippen LogP contribution is -2.29. The first kappa shape index (κ1) is 18.5. The molecule has 0 radical (unpaired) electrons. The molecule has 5 rings (SSSR count). The Morgan fingerprint density at radius 3 is 2.83 bits per heavy atom. The summed E-state index contributed by atoms with van der Waals surface area (Å²) in [5, 5.41) is 12.5. The summed E-state index contributed by atoms with van der Waals surface area (Å²) in [5.74, 6) is 0. The largest absolute Gasteiger partial charge is 0.343 e. The van der Waals surface area contributed by atoms with E-state index in [2.05, 4.69) is 51.1 Å². The minimum Gasteiger partial charge on any atom is -0.343 e. The summed E-state index contributed by atoms with van der Waals surface area (Å²) >= 11 is 0. The Morgan fingerprint density at radius 2 is 2.03 bits per heavy atom. The molecule has 2 aliphatic rings. The molecule has 0 saturated carbocycles. The van der Waals surface area contributed by atoms with Gasteiger partial charge in [-0.25, -0.2) is 4.68 Å². The third kappa shape index (κ3) is 3.34. The Hall–Kier alpha value is -3.54. The van der Waals surface area contributed by atoms with Gasteiger partial charge in [-0.15, -0.1) is 0 Å². The summed E-state index contributed by atoms with van der Waals surface area (Å²) in [6.07, 6.45) is 9.91. The van der Waals surface area contributed by atoms with Gasteiger partial charge in [0.05, 0.1) is 24.6 Å². The van der Waals surface area contributed by atoms with E-state index in [4.69, 9.17) is 0 Å². The van der Waals surface area contributed by atoms with Crippen molar-refractivity contribution in [2.45, 2.75) is 32.2 Å². The zero-order valence-electron chi connectivity index (χ0n) is 16.8. The fourth-order valence-electron chi connectivity index (χ4n) is 4.38. The van der Waals surface area contributed by atoms with Gasteiger partial charge in [0.15, 0.2) is 0 Å². The number of hydrogen-bond donors (Lipinski definition) is 0. The Bertz CT molecular complexity index is 1200. The third-order valence-corrected chi connectivity index (χ3v) is 5.87. The quantitative estimate of drug-likeness (QED) is 0.654. The van der Waals surface area contributed by atoms with Crippen LogP contribution in [0.3, 0.4) is 0 Å². The summed E-state index contributed by atoms with van der Waals surface area (Å²) in [4.78, 5) is 14.6. The Balaban J connectivity index is 1.42. The van der Waals surface area contributed by atoms with E-state index in [1.54, 1.807) is 18.5 Å². The lowest BCUT2D eigenvalue weighted by atomic mass is 9.99. The Labute approximate surface area is 175 Å². The molecule has 0 saturated heterocycles. The zero-order chi connectivity index (χ0) is 20.5. The van der Waals surface area contributed by atoms with Gasteiger partial charge in [0.2, 0.25) is 0 Å². The molecule has 150 valence electrons. The normalized spacial score (nSPS) is 15.2. The van der Waals surface area contributed by atoms with Crippen LogP contribution in [-0.2, 0) is 13.0 Å².